The molecular formula is C9H17N3O2. The molecule has 5 nitrogen and oxygen atoms in total. The largest absolute Gasteiger partial charge is 0.359 e. The zero-order valence-electron chi connectivity index (χ0n) is 8.67. The lowest BCUT2D eigenvalue weighted by atomic mass is 10.2. The molecule has 0 aromatic carbocycles. The summed E-state index contributed by atoms with van der Waals surface area (Å²) in [6.07, 6.45) is 1.26. The molecule has 0 aliphatic carbocycles. The smallest absolute Gasteiger partial charge is 0.239 e. The van der Waals surface area contributed by atoms with Gasteiger partial charge in [0.15, 0.2) is 0 Å². The first kappa shape index (κ1) is 11.0. The summed E-state index contributed by atoms with van der Waals surface area (Å²) >= 11 is 0. The van der Waals surface area contributed by atoms with Crippen LogP contribution in [0.2, 0.25) is 0 Å². The number of likely N-dealkylation sites (tertiary alicyclic amines) is 1. The molecule has 0 aromatic rings. The Morgan fingerprint density at radius 2 is 2.36 bits per heavy atom. The average Bonchev–Trinajstić information content (AvgIpc) is 2.49. The Balaban J connectivity index is 2.19. The molecule has 5 heteroatoms. The van der Waals surface area contributed by atoms with Crippen LogP contribution < -0.4 is 10.6 Å². The van der Waals surface area contributed by atoms with Gasteiger partial charge in [0.2, 0.25) is 11.8 Å². The molecule has 1 fully saturated rings. The van der Waals surface area contributed by atoms with Crippen LogP contribution in [0.5, 0.6) is 0 Å². The summed E-state index contributed by atoms with van der Waals surface area (Å²) in [5, 5.41) is 5.61. The van der Waals surface area contributed by atoms with Crippen LogP contribution in [-0.2, 0) is 9.59 Å². The Morgan fingerprint density at radius 3 is 2.86 bits per heavy atom. The van der Waals surface area contributed by atoms with Gasteiger partial charge in [0.1, 0.15) is 0 Å². The van der Waals surface area contributed by atoms with E-state index in [0.717, 1.165) is 13.0 Å². The Hall–Kier alpha value is -1.10. The number of hydrogen-bond donors (Lipinski definition) is 2. The molecule has 1 heterocycles. The van der Waals surface area contributed by atoms with Crippen LogP contribution in [0.25, 0.3) is 0 Å². The first-order valence-corrected chi connectivity index (χ1v) is 4.84. The third kappa shape index (κ3) is 2.70. The molecule has 0 bridgehead atoms. The van der Waals surface area contributed by atoms with E-state index in [1.165, 1.54) is 0 Å². The first-order valence-electron chi connectivity index (χ1n) is 4.84. The van der Waals surface area contributed by atoms with Crippen LogP contribution in [-0.4, -0.2) is 49.9 Å². The van der Waals surface area contributed by atoms with Gasteiger partial charge < -0.3 is 15.5 Å². The summed E-state index contributed by atoms with van der Waals surface area (Å²) in [4.78, 5) is 24.0. The summed E-state index contributed by atoms with van der Waals surface area (Å²) in [5.41, 5.74) is 0. The van der Waals surface area contributed by atoms with E-state index >= 15 is 0 Å². The van der Waals surface area contributed by atoms with Crippen LogP contribution >= 0.6 is 0 Å². The van der Waals surface area contributed by atoms with E-state index in [1.54, 1.807) is 19.0 Å². The Labute approximate surface area is 83.8 Å². The number of likely N-dealkylation sites (N-methyl/N-ethyl adjacent to an activating group) is 1. The third-order valence-corrected chi connectivity index (χ3v) is 2.45. The van der Waals surface area contributed by atoms with Crippen LogP contribution in [0.3, 0.4) is 0 Å². The number of rotatable bonds is 4. The molecule has 1 aliphatic heterocycles. The summed E-state index contributed by atoms with van der Waals surface area (Å²) in [6, 6.07) is -0.0929. The van der Waals surface area contributed by atoms with Gasteiger partial charge in [-0.15, -0.1) is 0 Å². The van der Waals surface area contributed by atoms with Crippen molar-refractivity contribution in [2.45, 2.75) is 18.9 Å². The average molecular weight is 199 g/mol. The maximum atomic E-state index is 11.4. The maximum Gasteiger partial charge on any atom is 0.239 e. The summed E-state index contributed by atoms with van der Waals surface area (Å²) in [6.45, 7) is 1.36. The molecule has 1 unspecified atom stereocenters. The van der Waals surface area contributed by atoms with E-state index in [4.69, 9.17) is 0 Å². The number of carbonyl (C=O) groups is 2. The molecule has 0 aromatic heterocycles. The molecule has 1 saturated heterocycles. The zero-order chi connectivity index (χ0) is 10.6. The number of nitrogens with one attached hydrogen (secondary N) is 2. The van der Waals surface area contributed by atoms with Crippen molar-refractivity contribution in [3.63, 3.8) is 0 Å². The Morgan fingerprint density at radius 1 is 1.64 bits per heavy atom. The van der Waals surface area contributed by atoms with Crippen molar-refractivity contribution in [2.75, 3.05) is 27.2 Å². The van der Waals surface area contributed by atoms with Crippen molar-refractivity contribution in [1.29, 1.82) is 0 Å². The highest BCUT2D eigenvalue weighted by atomic mass is 16.2. The fourth-order valence-electron chi connectivity index (χ4n) is 1.50. The van der Waals surface area contributed by atoms with Gasteiger partial charge in [-0.05, 0) is 6.42 Å². The summed E-state index contributed by atoms with van der Waals surface area (Å²) in [7, 11) is 3.40. The molecule has 2 amide bonds. The van der Waals surface area contributed by atoms with Gasteiger partial charge in [0.25, 0.3) is 0 Å². The molecule has 14 heavy (non-hydrogen) atoms. The number of carbonyl (C=O) groups excluding carboxylic acids is 2. The third-order valence-electron chi connectivity index (χ3n) is 2.45. The fourth-order valence-corrected chi connectivity index (χ4v) is 1.50. The molecule has 1 aliphatic rings. The molecule has 1 atom stereocenters. The Bertz CT molecular complexity index is 230. The van der Waals surface area contributed by atoms with E-state index in [0.29, 0.717) is 13.0 Å². The van der Waals surface area contributed by atoms with E-state index in [2.05, 4.69) is 10.6 Å². The number of nitrogens with zero attached hydrogens (tertiary/aromatic N) is 1. The van der Waals surface area contributed by atoms with Gasteiger partial charge in [0, 0.05) is 33.6 Å². The van der Waals surface area contributed by atoms with Gasteiger partial charge in [-0.3, -0.25) is 9.59 Å². The minimum Gasteiger partial charge on any atom is -0.359 e. The molecule has 1 rings (SSSR count). The van der Waals surface area contributed by atoms with E-state index in [-0.39, 0.29) is 17.9 Å². The van der Waals surface area contributed by atoms with Crippen molar-refractivity contribution in [1.82, 2.24) is 15.5 Å². The number of amides is 2. The second kappa shape index (κ2) is 4.95. The summed E-state index contributed by atoms with van der Waals surface area (Å²) < 4.78 is 0. The van der Waals surface area contributed by atoms with E-state index < -0.39 is 0 Å². The second-order valence-corrected chi connectivity index (χ2v) is 3.48. The van der Waals surface area contributed by atoms with Crippen molar-refractivity contribution < 1.29 is 9.59 Å². The van der Waals surface area contributed by atoms with Gasteiger partial charge in [0.05, 0.1) is 6.04 Å². The lowest BCUT2D eigenvalue weighted by Crippen LogP contribution is -2.38. The summed E-state index contributed by atoms with van der Waals surface area (Å²) in [5.74, 6) is 0.123. The number of hydrogen-bond acceptors (Lipinski definition) is 3. The minimum atomic E-state index is -0.0929. The predicted molar refractivity (Wildman–Crippen MR) is 52.7 cm³/mol. The van der Waals surface area contributed by atoms with E-state index in [1.807, 2.05) is 0 Å². The lowest BCUT2D eigenvalue weighted by Gasteiger charge is -2.11. The minimum absolute atomic E-state index is 0.00343. The second-order valence-electron chi connectivity index (χ2n) is 3.48. The van der Waals surface area contributed by atoms with Gasteiger partial charge in [-0.1, -0.05) is 0 Å². The van der Waals surface area contributed by atoms with Crippen molar-refractivity contribution in [3.05, 3.63) is 0 Å². The molecule has 80 valence electrons. The van der Waals surface area contributed by atoms with Crippen molar-refractivity contribution >= 4 is 11.8 Å². The van der Waals surface area contributed by atoms with E-state index in [9.17, 15) is 9.59 Å². The highest BCUT2D eigenvalue weighted by molar-refractivity contribution is 5.83. The molecule has 2 N–H and O–H groups in total. The van der Waals surface area contributed by atoms with Gasteiger partial charge >= 0.3 is 0 Å². The van der Waals surface area contributed by atoms with Gasteiger partial charge in [-0.2, -0.15) is 0 Å². The molecular weight excluding hydrogens is 182 g/mol. The fraction of sp³-hybridized carbons (Fsp3) is 0.778. The van der Waals surface area contributed by atoms with Crippen molar-refractivity contribution in [3.8, 4) is 0 Å². The van der Waals surface area contributed by atoms with Crippen molar-refractivity contribution in [2.24, 2.45) is 0 Å². The highest BCUT2D eigenvalue weighted by Gasteiger charge is 2.28. The maximum absolute atomic E-state index is 11.4. The van der Waals surface area contributed by atoms with Gasteiger partial charge in [-0.25, -0.2) is 0 Å². The highest BCUT2D eigenvalue weighted by Crippen LogP contribution is 2.07. The lowest BCUT2D eigenvalue weighted by molar-refractivity contribution is -0.128. The molecule has 0 spiro atoms. The monoisotopic (exact) mass is 199 g/mol. The quantitative estimate of drug-likeness (QED) is 0.607. The predicted octanol–water partition coefficient (Wildman–Crippen LogP) is -1.06. The molecule has 0 radical (unpaired) electrons. The first-order chi connectivity index (χ1) is 6.65. The normalized spacial score (nSPS) is 21.4. The Kier molecular flexibility index (Phi) is 3.88. The van der Waals surface area contributed by atoms with Crippen LogP contribution in [0, 0.1) is 0 Å². The van der Waals surface area contributed by atoms with Crippen LogP contribution in [0.1, 0.15) is 12.8 Å². The zero-order valence-corrected chi connectivity index (χ0v) is 8.67. The molecule has 0 saturated carbocycles. The standard InChI is InChI=1S/C9H17N3O2/c1-10-8(13)3-5-11-7-4-6-12(2)9(7)14/h7,11H,3-6H2,1-2H3,(H,10,13). The topological polar surface area (TPSA) is 61.4 Å². The van der Waals surface area contributed by atoms with Crippen LogP contribution in [0.15, 0.2) is 0 Å². The van der Waals surface area contributed by atoms with Crippen LogP contribution in [0.4, 0.5) is 0 Å². The SMILES string of the molecule is CNC(=O)CCNC1CCN(C)C1=O.